The number of anilines is 2. The van der Waals surface area contributed by atoms with E-state index in [0.29, 0.717) is 23.9 Å². The van der Waals surface area contributed by atoms with Crippen LogP contribution in [0, 0.1) is 0 Å². The third-order valence-corrected chi connectivity index (χ3v) is 2.97. The van der Waals surface area contributed by atoms with Gasteiger partial charge in [-0.2, -0.15) is 4.98 Å². The van der Waals surface area contributed by atoms with Crippen LogP contribution in [0.5, 0.6) is 5.88 Å². The maximum Gasteiger partial charge on any atom is 0.242 e. The highest BCUT2D eigenvalue weighted by Gasteiger charge is 2.29. The fourth-order valence-corrected chi connectivity index (χ4v) is 1.93. The van der Waals surface area contributed by atoms with E-state index in [4.69, 9.17) is 15.2 Å². The molecule has 17 heavy (non-hydrogen) atoms. The lowest BCUT2D eigenvalue weighted by atomic mass is 10.0. The number of nitrogen functional groups attached to an aromatic ring is 1. The van der Waals surface area contributed by atoms with Crippen LogP contribution < -0.4 is 15.8 Å². The zero-order valence-electron chi connectivity index (χ0n) is 10.2. The molecule has 1 aromatic heterocycles. The van der Waals surface area contributed by atoms with Crippen LogP contribution >= 0.6 is 0 Å². The molecule has 1 aliphatic rings. The topological polar surface area (TPSA) is 82.3 Å². The summed E-state index contributed by atoms with van der Waals surface area (Å²) in [5.74, 6) is 0.980. The van der Waals surface area contributed by atoms with E-state index in [1.54, 1.807) is 0 Å². The Labute approximate surface area is 101 Å². The zero-order chi connectivity index (χ0) is 12.3. The zero-order valence-corrected chi connectivity index (χ0v) is 10.2. The summed E-state index contributed by atoms with van der Waals surface area (Å²) in [6.07, 6.45) is 3.57. The van der Waals surface area contributed by atoms with Gasteiger partial charge in [-0.1, -0.05) is 0 Å². The molecule has 0 aliphatic carbocycles. The van der Waals surface area contributed by atoms with Crippen LogP contribution in [0.1, 0.15) is 19.8 Å². The third-order valence-electron chi connectivity index (χ3n) is 2.97. The predicted octanol–water partition coefficient (Wildman–Crippen LogP) is 1.05. The number of rotatable bonds is 4. The average Bonchev–Trinajstić information content (AvgIpc) is 2.75. The van der Waals surface area contributed by atoms with Gasteiger partial charge >= 0.3 is 0 Å². The number of methoxy groups -OCH3 is 1. The first kappa shape index (κ1) is 11.9. The second kappa shape index (κ2) is 4.75. The van der Waals surface area contributed by atoms with Crippen molar-refractivity contribution < 1.29 is 9.47 Å². The molecular weight excluding hydrogens is 220 g/mol. The molecule has 0 saturated carbocycles. The van der Waals surface area contributed by atoms with Crippen molar-refractivity contribution in [3.8, 4) is 5.88 Å². The summed E-state index contributed by atoms with van der Waals surface area (Å²) in [4.78, 5) is 8.02. The Morgan fingerprint density at radius 2 is 2.41 bits per heavy atom. The maximum atomic E-state index is 5.87. The first-order chi connectivity index (χ1) is 8.14. The maximum absolute atomic E-state index is 5.87. The molecule has 6 heteroatoms. The van der Waals surface area contributed by atoms with Crippen LogP contribution in [-0.2, 0) is 4.74 Å². The molecule has 1 aliphatic heterocycles. The quantitative estimate of drug-likeness (QED) is 0.815. The highest BCUT2D eigenvalue weighted by Crippen LogP contribution is 2.28. The molecule has 1 atom stereocenters. The minimum Gasteiger partial charge on any atom is -0.479 e. The summed E-state index contributed by atoms with van der Waals surface area (Å²) in [7, 11) is 1.53. The Kier molecular flexibility index (Phi) is 3.33. The van der Waals surface area contributed by atoms with Crippen LogP contribution in [0.15, 0.2) is 6.33 Å². The summed E-state index contributed by atoms with van der Waals surface area (Å²) >= 11 is 0. The Hall–Kier alpha value is -1.56. The van der Waals surface area contributed by atoms with Crippen molar-refractivity contribution in [2.75, 3.05) is 31.3 Å². The van der Waals surface area contributed by atoms with E-state index in [-0.39, 0.29) is 5.60 Å². The smallest absolute Gasteiger partial charge is 0.242 e. The Morgan fingerprint density at radius 3 is 3.06 bits per heavy atom. The van der Waals surface area contributed by atoms with Crippen molar-refractivity contribution in [1.82, 2.24) is 9.97 Å². The largest absolute Gasteiger partial charge is 0.479 e. The van der Waals surface area contributed by atoms with Crippen molar-refractivity contribution in [2.45, 2.75) is 25.4 Å². The molecule has 0 bridgehead atoms. The van der Waals surface area contributed by atoms with Crippen molar-refractivity contribution in [3.63, 3.8) is 0 Å². The van der Waals surface area contributed by atoms with Gasteiger partial charge in [-0.25, -0.2) is 4.98 Å². The molecule has 0 amide bonds. The minimum atomic E-state index is -0.134. The SMILES string of the molecule is COc1ncnc(NCC2(C)CCCO2)c1N. The Balaban J connectivity index is 2.03. The van der Waals surface area contributed by atoms with Crippen molar-refractivity contribution >= 4 is 11.5 Å². The van der Waals surface area contributed by atoms with Gasteiger partial charge in [0.15, 0.2) is 5.82 Å². The highest BCUT2D eigenvalue weighted by molar-refractivity contribution is 5.66. The monoisotopic (exact) mass is 238 g/mol. The van der Waals surface area contributed by atoms with Crippen molar-refractivity contribution in [3.05, 3.63) is 6.33 Å². The summed E-state index contributed by atoms with van der Waals surface area (Å²) in [6.45, 7) is 3.58. The number of hydrogen-bond donors (Lipinski definition) is 2. The van der Waals surface area contributed by atoms with Crippen LogP contribution in [-0.4, -0.2) is 35.8 Å². The molecule has 2 heterocycles. The van der Waals surface area contributed by atoms with Gasteiger partial charge in [-0.15, -0.1) is 0 Å². The summed E-state index contributed by atoms with van der Waals surface area (Å²) in [6, 6.07) is 0. The lowest BCUT2D eigenvalue weighted by Gasteiger charge is -2.24. The molecule has 0 radical (unpaired) electrons. The van der Waals surface area contributed by atoms with Crippen molar-refractivity contribution in [1.29, 1.82) is 0 Å². The Morgan fingerprint density at radius 1 is 1.59 bits per heavy atom. The van der Waals surface area contributed by atoms with Crippen LogP contribution in [0.25, 0.3) is 0 Å². The first-order valence-corrected chi connectivity index (χ1v) is 5.67. The summed E-state index contributed by atoms with van der Waals surface area (Å²) < 4.78 is 10.7. The predicted molar refractivity (Wildman–Crippen MR) is 65.1 cm³/mol. The second-order valence-corrected chi connectivity index (χ2v) is 4.40. The summed E-state index contributed by atoms with van der Waals surface area (Å²) in [5.41, 5.74) is 6.16. The molecule has 2 rings (SSSR count). The lowest BCUT2D eigenvalue weighted by Crippen LogP contribution is -2.33. The molecular formula is C11H18N4O2. The van der Waals surface area contributed by atoms with Crippen molar-refractivity contribution in [2.24, 2.45) is 0 Å². The minimum absolute atomic E-state index is 0.134. The highest BCUT2D eigenvalue weighted by atomic mass is 16.5. The van der Waals surface area contributed by atoms with Gasteiger partial charge in [0.05, 0.1) is 12.7 Å². The van der Waals surface area contributed by atoms with Gasteiger partial charge < -0.3 is 20.5 Å². The van der Waals surface area contributed by atoms with Gasteiger partial charge in [0.2, 0.25) is 5.88 Å². The van der Waals surface area contributed by atoms with Gasteiger partial charge in [0, 0.05) is 13.2 Å². The van der Waals surface area contributed by atoms with Crippen LogP contribution in [0.4, 0.5) is 11.5 Å². The van der Waals surface area contributed by atoms with E-state index in [1.807, 2.05) is 0 Å². The molecule has 1 fully saturated rings. The van der Waals surface area contributed by atoms with E-state index in [1.165, 1.54) is 13.4 Å². The molecule has 0 spiro atoms. The molecule has 0 aromatic carbocycles. The summed E-state index contributed by atoms with van der Waals surface area (Å²) in [5, 5.41) is 3.19. The van der Waals surface area contributed by atoms with E-state index in [0.717, 1.165) is 19.4 Å². The van der Waals surface area contributed by atoms with Gasteiger partial charge in [-0.3, -0.25) is 0 Å². The van der Waals surface area contributed by atoms with E-state index in [9.17, 15) is 0 Å². The molecule has 1 saturated heterocycles. The molecule has 3 N–H and O–H groups in total. The number of hydrogen-bond acceptors (Lipinski definition) is 6. The van der Waals surface area contributed by atoms with E-state index in [2.05, 4.69) is 22.2 Å². The molecule has 1 unspecified atom stereocenters. The van der Waals surface area contributed by atoms with Gasteiger partial charge in [0.25, 0.3) is 0 Å². The fraction of sp³-hybridized carbons (Fsp3) is 0.636. The normalized spacial score (nSPS) is 23.6. The molecule has 1 aromatic rings. The third kappa shape index (κ3) is 2.58. The van der Waals surface area contributed by atoms with Gasteiger partial charge in [-0.05, 0) is 19.8 Å². The molecule has 94 valence electrons. The first-order valence-electron chi connectivity index (χ1n) is 5.67. The van der Waals surface area contributed by atoms with Crippen LogP contribution in [0.3, 0.4) is 0 Å². The number of nitrogens with two attached hydrogens (primary N) is 1. The number of nitrogens with one attached hydrogen (secondary N) is 1. The number of aromatic nitrogens is 2. The lowest BCUT2D eigenvalue weighted by molar-refractivity contribution is 0.0315. The number of nitrogens with zero attached hydrogens (tertiary/aromatic N) is 2. The van der Waals surface area contributed by atoms with Gasteiger partial charge in [0.1, 0.15) is 12.0 Å². The van der Waals surface area contributed by atoms with E-state index < -0.39 is 0 Å². The fourth-order valence-electron chi connectivity index (χ4n) is 1.93. The second-order valence-electron chi connectivity index (χ2n) is 4.40. The molecule has 6 nitrogen and oxygen atoms in total. The average molecular weight is 238 g/mol. The standard InChI is InChI=1S/C11H18N4O2/c1-11(4-3-5-17-11)6-13-9-8(12)10(16-2)15-7-14-9/h7H,3-6,12H2,1-2H3,(H,13,14,15). The van der Waals surface area contributed by atoms with Crippen LogP contribution in [0.2, 0.25) is 0 Å². The Bertz CT molecular complexity index is 391. The number of ether oxygens (including phenoxy) is 2. The van der Waals surface area contributed by atoms with E-state index >= 15 is 0 Å².